The van der Waals surface area contributed by atoms with Crippen molar-refractivity contribution in [1.29, 1.82) is 0 Å². The van der Waals surface area contributed by atoms with E-state index in [-0.39, 0.29) is 11.6 Å². The molecule has 0 bridgehead atoms. The lowest BCUT2D eigenvalue weighted by Gasteiger charge is -2.42. The Morgan fingerprint density at radius 2 is 1.85 bits per heavy atom. The van der Waals surface area contributed by atoms with Crippen LogP contribution < -0.4 is 5.73 Å². The summed E-state index contributed by atoms with van der Waals surface area (Å²) in [7, 11) is 0. The van der Waals surface area contributed by atoms with Gasteiger partial charge in [-0.3, -0.25) is 0 Å². The van der Waals surface area contributed by atoms with Crippen molar-refractivity contribution in [3.8, 4) is 0 Å². The summed E-state index contributed by atoms with van der Waals surface area (Å²) in [5, 5.41) is 9.22. The number of hydrogen-bond donors (Lipinski definition) is 2. The maximum Gasteiger partial charge on any atom is 0.0582 e. The second kappa shape index (κ2) is 2.82. The highest BCUT2D eigenvalue weighted by atomic mass is 16.3. The lowest BCUT2D eigenvalue weighted by Crippen LogP contribution is -2.51. The van der Waals surface area contributed by atoms with Crippen LogP contribution in [-0.4, -0.2) is 11.2 Å². The minimum atomic E-state index is -0.271. The summed E-state index contributed by atoms with van der Waals surface area (Å²) >= 11 is 0. The average molecular weight is 177 g/mol. The maximum absolute atomic E-state index is 9.22. The second-order valence-corrected chi connectivity index (χ2v) is 4.08. The third kappa shape index (κ3) is 1.47. The van der Waals surface area contributed by atoms with Crippen LogP contribution in [0.25, 0.3) is 0 Å². The van der Waals surface area contributed by atoms with Gasteiger partial charge in [-0.1, -0.05) is 29.8 Å². The summed E-state index contributed by atoms with van der Waals surface area (Å²) in [6.45, 7) is 2.06. The molecule has 1 fully saturated rings. The fourth-order valence-electron chi connectivity index (χ4n) is 1.90. The van der Waals surface area contributed by atoms with Gasteiger partial charge in [0.2, 0.25) is 0 Å². The van der Waals surface area contributed by atoms with Crippen LogP contribution in [0.1, 0.15) is 24.0 Å². The van der Waals surface area contributed by atoms with Gasteiger partial charge in [0.1, 0.15) is 0 Å². The molecule has 0 spiro atoms. The first-order chi connectivity index (χ1) is 6.10. The van der Waals surface area contributed by atoms with Crippen LogP contribution in [0, 0.1) is 6.92 Å². The van der Waals surface area contributed by atoms with Gasteiger partial charge >= 0.3 is 0 Å². The highest BCUT2D eigenvalue weighted by Gasteiger charge is 2.41. The Morgan fingerprint density at radius 3 is 2.31 bits per heavy atom. The Balaban J connectivity index is 2.22. The molecule has 0 unspecified atom stereocenters. The molecule has 0 aliphatic heterocycles. The van der Waals surface area contributed by atoms with Crippen molar-refractivity contribution < 1.29 is 5.11 Å². The number of aliphatic hydroxyl groups excluding tert-OH is 1. The Morgan fingerprint density at radius 1 is 1.31 bits per heavy atom. The van der Waals surface area contributed by atoms with E-state index in [1.165, 1.54) is 5.56 Å². The van der Waals surface area contributed by atoms with Gasteiger partial charge in [0.15, 0.2) is 0 Å². The van der Waals surface area contributed by atoms with E-state index < -0.39 is 0 Å². The first-order valence-corrected chi connectivity index (χ1v) is 4.64. The molecule has 0 saturated heterocycles. The van der Waals surface area contributed by atoms with Gasteiger partial charge in [0.25, 0.3) is 0 Å². The van der Waals surface area contributed by atoms with Gasteiger partial charge in [-0.05, 0) is 25.3 Å². The largest absolute Gasteiger partial charge is 0.393 e. The molecule has 1 aliphatic rings. The van der Waals surface area contributed by atoms with E-state index in [2.05, 4.69) is 31.2 Å². The summed E-state index contributed by atoms with van der Waals surface area (Å²) in [5.41, 5.74) is 8.22. The van der Waals surface area contributed by atoms with Crippen LogP contribution in [0.4, 0.5) is 0 Å². The lowest BCUT2D eigenvalue weighted by molar-refractivity contribution is 0.0209. The number of aryl methyl sites for hydroxylation is 1. The first kappa shape index (κ1) is 8.73. The molecule has 2 nitrogen and oxygen atoms in total. The Kier molecular flexibility index (Phi) is 1.90. The van der Waals surface area contributed by atoms with Gasteiger partial charge in [0, 0.05) is 5.54 Å². The van der Waals surface area contributed by atoms with Gasteiger partial charge in [0.05, 0.1) is 6.10 Å². The molecular weight excluding hydrogens is 162 g/mol. The smallest absolute Gasteiger partial charge is 0.0582 e. The quantitative estimate of drug-likeness (QED) is 0.679. The molecule has 1 aromatic carbocycles. The molecule has 0 radical (unpaired) electrons. The molecule has 3 N–H and O–H groups in total. The van der Waals surface area contributed by atoms with Gasteiger partial charge in [-0.2, -0.15) is 0 Å². The standard InChI is InChI=1S/C11H15NO/c1-8-2-4-9(5-3-8)11(12)6-10(13)7-11/h2-5,10,13H,6-7,12H2,1H3. The van der Waals surface area contributed by atoms with Crippen molar-refractivity contribution in [2.75, 3.05) is 0 Å². The van der Waals surface area contributed by atoms with Crippen LogP contribution >= 0.6 is 0 Å². The molecule has 1 aromatic rings. The van der Waals surface area contributed by atoms with E-state index in [0.717, 1.165) is 5.56 Å². The van der Waals surface area contributed by atoms with E-state index in [1.54, 1.807) is 0 Å². The van der Waals surface area contributed by atoms with Gasteiger partial charge in [-0.25, -0.2) is 0 Å². The summed E-state index contributed by atoms with van der Waals surface area (Å²) in [6, 6.07) is 8.24. The van der Waals surface area contributed by atoms with Crippen LogP contribution in [-0.2, 0) is 5.54 Å². The average Bonchev–Trinajstić information content (AvgIpc) is 2.03. The van der Waals surface area contributed by atoms with E-state index in [9.17, 15) is 5.11 Å². The zero-order valence-electron chi connectivity index (χ0n) is 7.83. The highest BCUT2D eigenvalue weighted by molar-refractivity contribution is 5.30. The molecular formula is C11H15NO. The number of aliphatic hydroxyl groups is 1. The number of hydrogen-bond acceptors (Lipinski definition) is 2. The van der Waals surface area contributed by atoms with Crippen LogP contribution in [0.2, 0.25) is 0 Å². The topological polar surface area (TPSA) is 46.2 Å². The minimum absolute atomic E-state index is 0.202. The summed E-state index contributed by atoms with van der Waals surface area (Å²) in [6.07, 6.45) is 1.18. The molecule has 2 rings (SSSR count). The zero-order valence-corrected chi connectivity index (χ0v) is 7.83. The third-order valence-electron chi connectivity index (χ3n) is 2.83. The molecule has 13 heavy (non-hydrogen) atoms. The van der Waals surface area contributed by atoms with E-state index in [4.69, 9.17) is 5.73 Å². The predicted molar refractivity (Wildman–Crippen MR) is 52.3 cm³/mol. The molecule has 0 atom stereocenters. The lowest BCUT2D eigenvalue weighted by atomic mass is 9.70. The van der Waals surface area contributed by atoms with Crippen molar-refractivity contribution >= 4 is 0 Å². The molecule has 2 heteroatoms. The molecule has 1 aliphatic carbocycles. The minimum Gasteiger partial charge on any atom is -0.393 e. The van der Waals surface area contributed by atoms with Crippen molar-refractivity contribution in [3.05, 3.63) is 35.4 Å². The van der Waals surface area contributed by atoms with Gasteiger partial charge < -0.3 is 10.8 Å². The van der Waals surface area contributed by atoms with E-state index in [0.29, 0.717) is 12.8 Å². The fraction of sp³-hybridized carbons (Fsp3) is 0.455. The Labute approximate surface area is 78.4 Å². The SMILES string of the molecule is Cc1ccc(C2(N)CC(O)C2)cc1. The number of benzene rings is 1. The summed E-state index contributed by atoms with van der Waals surface area (Å²) in [4.78, 5) is 0. The first-order valence-electron chi connectivity index (χ1n) is 4.64. The second-order valence-electron chi connectivity index (χ2n) is 4.08. The van der Waals surface area contributed by atoms with Crippen LogP contribution in [0.3, 0.4) is 0 Å². The molecule has 0 aromatic heterocycles. The third-order valence-corrected chi connectivity index (χ3v) is 2.83. The molecule has 0 heterocycles. The Hall–Kier alpha value is -0.860. The van der Waals surface area contributed by atoms with Crippen molar-refractivity contribution in [3.63, 3.8) is 0 Å². The Bertz CT molecular complexity index is 298. The van der Waals surface area contributed by atoms with Crippen LogP contribution in [0.5, 0.6) is 0 Å². The van der Waals surface area contributed by atoms with E-state index >= 15 is 0 Å². The van der Waals surface area contributed by atoms with Gasteiger partial charge in [-0.15, -0.1) is 0 Å². The monoisotopic (exact) mass is 177 g/mol. The molecule has 70 valence electrons. The summed E-state index contributed by atoms with van der Waals surface area (Å²) < 4.78 is 0. The normalized spacial score (nSPS) is 32.7. The van der Waals surface area contributed by atoms with Crippen molar-refractivity contribution in [2.45, 2.75) is 31.4 Å². The fourth-order valence-corrected chi connectivity index (χ4v) is 1.90. The highest BCUT2D eigenvalue weighted by Crippen LogP contribution is 2.38. The number of nitrogens with two attached hydrogens (primary N) is 1. The summed E-state index contributed by atoms with van der Waals surface area (Å²) in [5.74, 6) is 0. The zero-order chi connectivity index (χ0) is 9.47. The van der Waals surface area contributed by atoms with Crippen molar-refractivity contribution in [1.82, 2.24) is 0 Å². The van der Waals surface area contributed by atoms with Crippen molar-refractivity contribution in [2.24, 2.45) is 5.73 Å². The molecule has 0 amide bonds. The van der Waals surface area contributed by atoms with Crippen LogP contribution in [0.15, 0.2) is 24.3 Å². The maximum atomic E-state index is 9.22. The number of rotatable bonds is 1. The van der Waals surface area contributed by atoms with E-state index in [1.807, 2.05) is 0 Å². The molecule has 1 saturated carbocycles. The predicted octanol–water partition coefficient (Wildman–Crippen LogP) is 1.30.